The van der Waals surface area contributed by atoms with Crippen LogP contribution in [0.4, 0.5) is 0 Å². The fraction of sp³-hybridized carbons (Fsp3) is 0.500. The number of carbonyl (C=O) groups is 1. The average molecular weight is 269 g/mol. The number of benzene rings is 1. The van der Waals surface area contributed by atoms with Gasteiger partial charge in [0, 0.05) is 19.0 Å². The molecule has 2 saturated carbocycles. The zero-order valence-electron chi connectivity index (χ0n) is 12.2. The van der Waals surface area contributed by atoms with Crippen LogP contribution in [0, 0.1) is 11.8 Å². The molecule has 0 atom stereocenters. The Morgan fingerprint density at radius 3 is 2.50 bits per heavy atom. The molecule has 1 aromatic rings. The second-order valence-corrected chi connectivity index (χ2v) is 6.21. The molecule has 0 bridgehead atoms. The van der Waals surface area contributed by atoms with Crippen LogP contribution in [-0.2, 0) is 4.79 Å². The van der Waals surface area contributed by atoms with Crippen molar-refractivity contribution in [1.29, 1.82) is 0 Å². The van der Waals surface area contributed by atoms with E-state index in [0.717, 1.165) is 31.8 Å². The summed E-state index contributed by atoms with van der Waals surface area (Å²) >= 11 is 0. The molecule has 20 heavy (non-hydrogen) atoms. The molecule has 106 valence electrons. The number of allylic oxidation sites excluding steroid dienone is 1. The maximum absolute atomic E-state index is 12.3. The van der Waals surface area contributed by atoms with Gasteiger partial charge in [-0.15, -0.1) is 0 Å². The molecule has 0 N–H and O–H groups in total. The molecule has 1 amide bonds. The highest BCUT2D eigenvalue weighted by Crippen LogP contribution is 2.34. The average Bonchev–Trinajstić information content (AvgIpc) is 3.37. The molecule has 1 aromatic carbocycles. The predicted octanol–water partition coefficient (Wildman–Crippen LogP) is 3.74. The van der Waals surface area contributed by atoms with Gasteiger partial charge in [-0.3, -0.25) is 4.79 Å². The van der Waals surface area contributed by atoms with E-state index < -0.39 is 0 Å². The molecule has 0 spiro atoms. The Bertz CT molecular complexity index is 497. The van der Waals surface area contributed by atoms with E-state index in [1.165, 1.54) is 24.0 Å². The number of carbonyl (C=O) groups excluding carboxylic acids is 1. The molecule has 0 saturated heterocycles. The third-order valence-corrected chi connectivity index (χ3v) is 4.26. The number of amides is 1. The van der Waals surface area contributed by atoms with Gasteiger partial charge in [0.15, 0.2) is 0 Å². The normalized spacial score (nSPS) is 18.9. The first-order valence-corrected chi connectivity index (χ1v) is 7.75. The molecular weight excluding hydrogens is 246 g/mol. The van der Waals surface area contributed by atoms with E-state index in [0.29, 0.717) is 11.8 Å². The highest BCUT2D eigenvalue weighted by molar-refractivity contribution is 5.81. The number of rotatable bonds is 6. The first kappa shape index (κ1) is 13.4. The van der Waals surface area contributed by atoms with Crippen LogP contribution < -0.4 is 0 Å². The van der Waals surface area contributed by atoms with Crippen LogP contribution in [0.5, 0.6) is 0 Å². The Kier molecular flexibility index (Phi) is 3.90. The van der Waals surface area contributed by atoms with E-state index in [1.807, 2.05) is 6.07 Å². The van der Waals surface area contributed by atoms with E-state index >= 15 is 0 Å². The maximum atomic E-state index is 12.3. The summed E-state index contributed by atoms with van der Waals surface area (Å²) in [7, 11) is 0. The van der Waals surface area contributed by atoms with Crippen molar-refractivity contribution in [2.45, 2.75) is 32.6 Å². The third-order valence-electron chi connectivity index (χ3n) is 4.26. The van der Waals surface area contributed by atoms with E-state index in [2.05, 4.69) is 42.2 Å². The van der Waals surface area contributed by atoms with E-state index in [4.69, 9.17) is 0 Å². The smallest absolute Gasteiger partial charge is 0.225 e. The molecule has 2 nitrogen and oxygen atoms in total. The molecule has 0 radical (unpaired) electrons. The van der Waals surface area contributed by atoms with Crippen LogP contribution in [-0.4, -0.2) is 23.9 Å². The summed E-state index contributed by atoms with van der Waals surface area (Å²) in [6, 6.07) is 10.4. The van der Waals surface area contributed by atoms with Gasteiger partial charge >= 0.3 is 0 Å². The predicted molar refractivity (Wildman–Crippen MR) is 82.1 cm³/mol. The minimum absolute atomic E-state index is 0.333. The topological polar surface area (TPSA) is 20.3 Å². The molecule has 2 fully saturated rings. The monoisotopic (exact) mass is 269 g/mol. The lowest BCUT2D eigenvalue weighted by Gasteiger charge is -2.21. The van der Waals surface area contributed by atoms with Gasteiger partial charge in [-0.25, -0.2) is 0 Å². The highest BCUT2D eigenvalue weighted by atomic mass is 16.2. The van der Waals surface area contributed by atoms with Crippen molar-refractivity contribution in [3.63, 3.8) is 0 Å². The Hall–Kier alpha value is -1.57. The molecule has 0 aliphatic heterocycles. The summed E-state index contributed by atoms with van der Waals surface area (Å²) in [6.07, 6.45) is 7.01. The summed E-state index contributed by atoms with van der Waals surface area (Å²) in [4.78, 5) is 14.4. The van der Waals surface area contributed by atoms with Crippen molar-refractivity contribution in [2.75, 3.05) is 13.1 Å². The van der Waals surface area contributed by atoms with Crippen LogP contribution in [0.3, 0.4) is 0 Å². The van der Waals surface area contributed by atoms with Crippen LogP contribution in [0.25, 0.3) is 5.57 Å². The quantitative estimate of drug-likeness (QED) is 0.770. The number of nitrogens with zero attached hydrogens (tertiary/aromatic N) is 1. The summed E-state index contributed by atoms with van der Waals surface area (Å²) in [5.74, 6) is 1.48. The molecule has 0 heterocycles. The molecular formula is C18H23NO. The lowest BCUT2D eigenvalue weighted by Crippen LogP contribution is -2.34. The Labute approximate surface area is 121 Å². The third kappa shape index (κ3) is 3.50. The van der Waals surface area contributed by atoms with Crippen LogP contribution in [0.1, 0.15) is 38.2 Å². The van der Waals surface area contributed by atoms with Crippen molar-refractivity contribution in [2.24, 2.45) is 11.8 Å². The number of hydrogen-bond acceptors (Lipinski definition) is 1. The molecule has 3 rings (SSSR count). The maximum Gasteiger partial charge on any atom is 0.225 e. The van der Waals surface area contributed by atoms with Gasteiger partial charge < -0.3 is 4.90 Å². The van der Waals surface area contributed by atoms with Gasteiger partial charge in [-0.2, -0.15) is 0 Å². The van der Waals surface area contributed by atoms with Gasteiger partial charge in [0.05, 0.1) is 0 Å². The molecule has 2 aliphatic carbocycles. The lowest BCUT2D eigenvalue weighted by molar-refractivity contribution is -0.132. The standard InChI is InChI=1S/C18H23NO/c1-14(16-5-3-2-4-6-16)11-12-19(13-15-7-8-15)18(20)17-9-10-17/h2-6,11,15,17H,7-10,12-13H2,1H3. The van der Waals surface area contributed by atoms with E-state index in [1.54, 1.807) is 0 Å². The van der Waals surface area contributed by atoms with Crippen molar-refractivity contribution < 1.29 is 4.79 Å². The SMILES string of the molecule is CC(=CCN(CC1CC1)C(=O)C1CC1)c1ccccc1. The first-order valence-electron chi connectivity index (χ1n) is 7.75. The largest absolute Gasteiger partial charge is 0.338 e. The van der Waals surface area contributed by atoms with Gasteiger partial charge in [-0.1, -0.05) is 36.4 Å². The van der Waals surface area contributed by atoms with E-state index in [-0.39, 0.29) is 0 Å². The van der Waals surface area contributed by atoms with Crippen molar-refractivity contribution >= 4 is 11.5 Å². The van der Waals surface area contributed by atoms with Crippen molar-refractivity contribution in [1.82, 2.24) is 4.90 Å². The van der Waals surface area contributed by atoms with Crippen LogP contribution in [0.15, 0.2) is 36.4 Å². The molecule has 0 unspecified atom stereocenters. The van der Waals surface area contributed by atoms with Gasteiger partial charge in [-0.05, 0) is 49.7 Å². The van der Waals surface area contributed by atoms with E-state index in [9.17, 15) is 4.79 Å². The molecule has 0 aromatic heterocycles. The minimum atomic E-state index is 0.333. The van der Waals surface area contributed by atoms with Gasteiger partial charge in [0.1, 0.15) is 0 Å². The van der Waals surface area contributed by atoms with Crippen molar-refractivity contribution in [3.05, 3.63) is 42.0 Å². The molecule has 2 heteroatoms. The fourth-order valence-electron chi connectivity index (χ4n) is 2.52. The summed E-state index contributed by atoms with van der Waals surface area (Å²) in [6.45, 7) is 3.87. The second-order valence-electron chi connectivity index (χ2n) is 6.21. The zero-order chi connectivity index (χ0) is 13.9. The van der Waals surface area contributed by atoms with Crippen LogP contribution in [0.2, 0.25) is 0 Å². The zero-order valence-corrected chi connectivity index (χ0v) is 12.2. The van der Waals surface area contributed by atoms with Gasteiger partial charge in [0.2, 0.25) is 5.91 Å². The summed E-state index contributed by atoms with van der Waals surface area (Å²) in [5.41, 5.74) is 2.51. The van der Waals surface area contributed by atoms with Crippen molar-refractivity contribution in [3.8, 4) is 0 Å². The Balaban J connectivity index is 1.64. The first-order chi connectivity index (χ1) is 9.74. The summed E-state index contributed by atoms with van der Waals surface area (Å²) in [5, 5.41) is 0. The fourth-order valence-corrected chi connectivity index (χ4v) is 2.52. The minimum Gasteiger partial charge on any atom is -0.338 e. The Morgan fingerprint density at radius 1 is 1.20 bits per heavy atom. The molecule has 2 aliphatic rings. The summed E-state index contributed by atoms with van der Waals surface area (Å²) < 4.78 is 0. The van der Waals surface area contributed by atoms with Crippen LogP contribution >= 0.6 is 0 Å². The van der Waals surface area contributed by atoms with Gasteiger partial charge in [0.25, 0.3) is 0 Å². The number of hydrogen-bond donors (Lipinski definition) is 0. The highest BCUT2D eigenvalue weighted by Gasteiger charge is 2.35. The lowest BCUT2D eigenvalue weighted by atomic mass is 10.1. The second kappa shape index (κ2) is 5.82. The Morgan fingerprint density at radius 2 is 1.90 bits per heavy atom.